The van der Waals surface area contributed by atoms with Gasteiger partial charge >= 0.3 is 0 Å². The first-order valence-corrected chi connectivity index (χ1v) is 10.9. The van der Waals surface area contributed by atoms with Gasteiger partial charge in [-0.15, -0.1) is 0 Å². The predicted molar refractivity (Wildman–Crippen MR) is 119 cm³/mol. The fraction of sp³-hybridized carbons (Fsp3) is 0.333. The third kappa shape index (κ3) is 4.91. The van der Waals surface area contributed by atoms with E-state index in [-0.39, 0.29) is 17.6 Å². The van der Waals surface area contributed by atoms with Gasteiger partial charge in [0.25, 0.3) is 5.91 Å². The average Bonchev–Trinajstić information content (AvgIpc) is 3.13. The molecule has 1 fully saturated rings. The smallest absolute Gasteiger partial charge is 0.273 e. The number of aromatic nitrogens is 1. The number of amides is 1. The molecule has 4 rings (SSSR count). The van der Waals surface area contributed by atoms with Crippen LogP contribution in [0.1, 0.15) is 47.8 Å². The van der Waals surface area contributed by atoms with Crippen molar-refractivity contribution in [3.05, 3.63) is 76.9 Å². The summed E-state index contributed by atoms with van der Waals surface area (Å²) in [6.45, 7) is 2.48. The molecule has 2 heterocycles. The van der Waals surface area contributed by atoms with Crippen LogP contribution in [0.15, 0.2) is 65.2 Å². The van der Waals surface area contributed by atoms with E-state index >= 15 is 0 Å². The Bertz CT molecular complexity index is 965. The van der Waals surface area contributed by atoms with E-state index in [4.69, 9.17) is 16.1 Å². The minimum absolute atomic E-state index is 0.0289. The highest BCUT2D eigenvalue weighted by Gasteiger charge is 2.24. The summed E-state index contributed by atoms with van der Waals surface area (Å²) in [6, 6.07) is 19.2. The average molecular weight is 424 g/mol. The van der Waals surface area contributed by atoms with Crippen molar-refractivity contribution in [2.45, 2.75) is 31.7 Å². The quantitative estimate of drug-likeness (QED) is 0.581. The van der Waals surface area contributed by atoms with E-state index in [9.17, 15) is 4.79 Å². The molecule has 1 aromatic heterocycles. The fourth-order valence-corrected chi connectivity index (χ4v) is 4.25. The van der Waals surface area contributed by atoms with E-state index in [0.29, 0.717) is 12.3 Å². The van der Waals surface area contributed by atoms with Crippen molar-refractivity contribution >= 4 is 17.5 Å². The molecule has 1 N–H and O–H groups in total. The number of carbonyl (C=O) groups is 1. The lowest BCUT2D eigenvalue weighted by Crippen LogP contribution is -2.39. The van der Waals surface area contributed by atoms with E-state index in [0.717, 1.165) is 29.2 Å². The second-order valence-corrected chi connectivity index (χ2v) is 8.05. The lowest BCUT2D eigenvalue weighted by molar-refractivity contribution is 0.0924. The van der Waals surface area contributed by atoms with Gasteiger partial charge in [-0.05, 0) is 37.6 Å². The lowest BCUT2D eigenvalue weighted by Gasteiger charge is -2.31. The van der Waals surface area contributed by atoms with Crippen molar-refractivity contribution in [1.82, 2.24) is 15.4 Å². The Morgan fingerprint density at radius 2 is 1.73 bits per heavy atom. The molecule has 3 aromatic rings. The second kappa shape index (κ2) is 9.92. The number of rotatable bonds is 6. The van der Waals surface area contributed by atoms with Crippen molar-refractivity contribution in [1.29, 1.82) is 0 Å². The van der Waals surface area contributed by atoms with Crippen LogP contribution in [-0.4, -0.2) is 35.6 Å². The number of carbonyl (C=O) groups excluding carboxylic acids is 1. The topological polar surface area (TPSA) is 58.4 Å². The molecule has 0 radical (unpaired) electrons. The zero-order valence-corrected chi connectivity index (χ0v) is 17.6. The number of halogens is 1. The molecule has 2 aromatic carbocycles. The van der Waals surface area contributed by atoms with Crippen molar-refractivity contribution in [3.8, 4) is 11.3 Å². The Kier molecular flexibility index (Phi) is 6.82. The Labute approximate surface area is 182 Å². The van der Waals surface area contributed by atoms with Crippen LogP contribution >= 0.6 is 11.6 Å². The molecular formula is C24H26ClN3O2. The molecule has 1 saturated heterocycles. The van der Waals surface area contributed by atoms with Gasteiger partial charge in [-0.25, -0.2) is 0 Å². The summed E-state index contributed by atoms with van der Waals surface area (Å²) in [7, 11) is 0. The molecule has 0 bridgehead atoms. The molecule has 1 atom stereocenters. The van der Waals surface area contributed by atoms with Gasteiger partial charge in [0, 0.05) is 23.2 Å². The van der Waals surface area contributed by atoms with E-state index in [1.165, 1.54) is 25.7 Å². The Hall–Kier alpha value is -2.63. The SMILES string of the molecule is O=C(NC[C@@H](c1ccccc1Cl)N1CCCCCC1)c1cc(-c2ccccc2)on1. The zero-order chi connectivity index (χ0) is 20.8. The highest BCUT2D eigenvalue weighted by atomic mass is 35.5. The minimum atomic E-state index is -0.243. The molecule has 1 aliphatic rings. The van der Waals surface area contributed by atoms with Gasteiger partial charge in [-0.1, -0.05) is 78.1 Å². The molecule has 1 amide bonds. The number of nitrogens with zero attached hydrogens (tertiary/aromatic N) is 2. The second-order valence-electron chi connectivity index (χ2n) is 7.64. The summed E-state index contributed by atoms with van der Waals surface area (Å²) in [5, 5.41) is 7.74. The van der Waals surface area contributed by atoms with Gasteiger partial charge in [0.1, 0.15) is 0 Å². The van der Waals surface area contributed by atoms with Crippen molar-refractivity contribution in [2.75, 3.05) is 19.6 Å². The van der Waals surface area contributed by atoms with E-state index < -0.39 is 0 Å². The Morgan fingerprint density at radius 3 is 2.47 bits per heavy atom. The first-order chi connectivity index (χ1) is 14.7. The Balaban J connectivity index is 1.49. The normalized spacial score (nSPS) is 16.0. The van der Waals surface area contributed by atoms with Crippen LogP contribution in [0.25, 0.3) is 11.3 Å². The first-order valence-electron chi connectivity index (χ1n) is 10.5. The van der Waals surface area contributed by atoms with Crippen molar-refractivity contribution in [3.63, 3.8) is 0 Å². The molecule has 0 unspecified atom stereocenters. The standard InChI is InChI=1S/C24H26ClN3O2/c25-20-13-7-6-12-19(20)22(28-14-8-1-2-9-15-28)17-26-24(29)21-16-23(30-27-21)18-10-4-3-5-11-18/h3-7,10-13,16,22H,1-2,8-9,14-15,17H2,(H,26,29)/t22-/m0/s1. The number of hydrogen-bond donors (Lipinski definition) is 1. The molecule has 6 heteroatoms. The van der Waals surface area contributed by atoms with Crippen LogP contribution in [0.2, 0.25) is 5.02 Å². The Morgan fingerprint density at radius 1 is 1.03 bits per heavy atom. The van der Waals surface area contributed by atoms with Gasteiger partial charge < -0.3 is 9.84 Å². The van der Waals surface area contributed by atoms with Crippen LogP contribution in [0, 0.1) is 0 Å². The summed E-state index contributed by atoms with van der Waals surface area (Å²) in [5.41, 5.74) is 2.22. The maximum Gasteiger partial charge on any atom is 0.273 e. The van der Waals surface area contributed by atoms with E-state index in [1.807, 2.05) is 54.6 Å². The van der Waals surface area contributed by atoms with Gasteiger partial charge in [-0.3, -0.25) is 9.69 Å². The highest BCUT2D eigenvalue weighted by molar-refractivity contribution is 6.31. The van der Waals surface area contributed by atoms with Crippen molar-refractivity contribution < 1.29 is 9.32 Å². The molecule has 156 valence electrons. The third-order valence-corrected chi connectivity index (χ3v) is 5.95. The van der Waals surface area contributed by atoms with E-state index in [1.54, 1.807) is 6.07 Å². The number of nitrogens with one attached hydrogen (secondary N) is 1. The van der Waals surface area contributed by atoms with Crippen LogP contribution in [0.5, 0.6) is 0 Å². The van der Waals surface area contributed by atoms with Crippen LogP contribution in [0.3, 0.4) is 0 Å². The van der Waals surface area contributed by atoms with Crippen LogP contribution in [-0.2, 0) is 0 Å². The fourth-order valence-electron chi connectivity index (χ4n) is 3.99. The highest BCUT2D eigenvalue weighted by Crippen LogP contribution is 2.29. The summed E-state index contributed by atoms with van der Waals surface area (Å²) in [5.74, 6) is 0.337. The summed E-state index contributed by atoms with van der Waals surface area (Å²) in [6.07, 6.45) is 4.83. The third-order valence-electron chi connectivity index (χ3n) is 5.60. The summed E-state index contributed by atoms with van der Waals surface area (Å²) < 4.78 is 5.37. The van der Waals surface area contributed by atoms with Crippen molar-refractivity contribution in [2.24, 2.45) is 0 Å². The number of likely N-dealkylation sites (tertiary alicyclic amines) is 1. The summed E-state index contributed by atoms with van der Waals surface area (Å²) >= 11 is 6.52. The minimum Gasteiger partial charge on any atom is -0.355 e. The van der Waals surface area contributed by atoms with Gasteiger partial charge in [0.05, 0.1) is 6.04 Å². The van der Waals surface area contributed by atoms with E-state index in [2.05, 4.69) is 15.4 Å². The van der Waals surface area contributed by atoms with Gasteiger partial charge in [-0.2, -0.15) is 0 Å². The monoisotopic (exact) mass is 423 g/mol. The molecular weight excluding hydrogens is 398 g/mol. The molecule has 0 saturated carbocycles. The molecule has 5 nitrogen and oxygen atoms in total. The maximum absolute atomic E-state index is 12.8. The van der Waals surface area contributed by atoms with Gasteiger partial charge in [0.15, 0.2) is 11.5 Å². The molecule has 0 spiro atoms. The summed E-state index contributed by atoms with van der Waals surface area (Å²) in [4.78, 5) is 15.2. The van der Waals surface area contributed by atoms with Gasteiger partial charge in [0.2, 0.25) is 0 Å². The maximum atomic E-state index is 12.8. The molecule has 30 heavy (non-hydrogen) atoms. The number of hydrogen-bond acceptors (Lipinski definition) is 4. The van der Waals surface area contributed by atoms with Crippen LogP contribution < -0.4 is 5.32 Å². The number of benzene rings is 2. The largest absolute Gasteiger partial charge is 0.355 e. The first kappa shape index (κ1) is 20.6. The molecule has 0 aliphatic carbocycles. The van der Waals surface area contributed by atoms with Crippen LogP contribution in [0.4, 0.5) is 0 Å². The zero-order valence-electron chi connectivity index (χ0n) is 16.9. The predicted octanol–water partition coefficient (Wildman–Crippen LogP) is 5.34. The molecule has 1 aliphatic heterocycles. The lowest BCUT2D eigenvalue weighted by atomic mass is 10.0.